The van der Waals surface area contributed by atoms with E-state index in [1.807, 2.05) is 0 Å². The average molecular weight is 206 g/mol. The summed E-state index contributed by atoms with van der Waals surface area (Å²) in [5, 5.41) is 10.9. The molecule has 0 radical (unpaired) electrons. The lowest BCUT2D eigenvalue weighted by atomic mass is 10.2. The molecule has 0 spiro atoms. The van der Waals surface area contributed by atoms with Gasteiger partial charge in [-0.15, -0.1) is 0 Å². The molecule has 0 heterocycles. The highest BCUT2D eigenvalue weighted by Gasteiger charge is 2.20. The maximum Gasteiger partial charge on any atom is 0.326 e. The van der Waals surface area contributed by atoms with Crippen LogP contribution in [0.1, 0.15) is 13.3 Å². The molecule has 0 aliphatic heterocycles. The number of rotatable bonds is 5. The third-order valence-electron chi connectivity index (χ3n) is 1.45. The van der Waals surface area contributed by atoms with Gasteiger partial charge in [0.05, 0.1) is 6.04 Å². The van der Waals surface area contributed by atoms with Crippen LogP contribution in [0.25, 0.3) is 0 Å². The molecule has 1 amide bonds. The van der Waals surface area contributed by atoms with E-state index in [4.69, 9.17) is 10.8 Å². The van der Waals surface area contributed by atoms with E-state index in [0.717, 1.165) is 0 Å². The van der Waals surface area contributed by atoms with E-state index in [1.165, 1.54) is 6.92 Å². The van der Waals surface area contributed by atoms with Crippen molar-refractivity contribution in [3.63, 3.8) is 0 Å². The summed E-state index contributed by atoms with van der Waals surface area (Å²) in [6.45, 7) is 1.49. The number of thiol groups is 1. The van der Waals surface area contributed by atoms with Crippen LogP contribution in [0.15, 0.2) is 0 Å². The third kappa shape index (κ3) is 4.74. The Morgan fingerprint density at radius 2 is 2.15 bits per heavy atom. The van der Waals surface area contributed by atoms with Gasteiger partial charge in [-0.3, -0.25) is 4.79 Å². The molecule has 0 aromatic rings. The Morgan fingerprint density at radius 1 is 1.62 bits per heavy atom. The van der Waals surface area contributed by atoms with Crippen LogP contribution in [0.5, 0.6) is 0 Å². The Bertz CT molecular complexity index is 196. The van der Waals surface area contributed by atoms with Crippen LogP contribution in [0.3, 0.4) is 0 Å². The SMILES string of the molecule is CC(N)C(=O)N[C@@H](CCS)C(=O)O. The quantitative estimate of drug-likeness (QED) is 0.444. The molecule has 0 aliphatic rings. The Hall–Kier alpha value is -0.750. The molecule has 76 valence electrons. The molecule has 6 heteroatoms. The number of hydrogen-bond donors (Lipinski definition) is 4. The molecule has 0 fully saturated rings. The fraction of sp³-hybridized carbons (Fsp3) is 0.714. The van der Waals surface area contributed by atoms with Crippen molar-refractivity contribution in [1.82, 2.24) is 5.32 Å². The molecule has 0 saturated heterocycles. The first kappa shape index (κ1) is 12.2. The molecule has 0 aliphatic carbocycles. The van der Waals surface area contributed by atoms with Gasteiger partial charge >= 0.3 is 5.97 Å². The van der Waals surface area contributed by atoms with Crippen molar-refractivity contribution in [3.8, 4) is 0 Å². The third-order valence-corrected chi connectivity index (χ3v) is 1.70. The van der Waals surface area contributed by atoms with Crippen molar-refractivity contribution < 1.29 is 14.7 Å². The summed E-state index contributed by atoms with van der Waals surface area (Å²) >= 11 is 3.88. The van der Waals surface area contributed by atoms with Gasteiger partial charge in [0.2, 0.25) is 5.91 Å². The van der Waals surface area contributed by atoms with Gasteiger partial charge in [-0.25, -0.2) is 4.79 Å². The summed E-state index contributed by atoms with van der Waals surface area (Å²) < 4.78 is 0. The van der Waals surface area contributed by atoms with Crippen LogP contribution in [-0.4, -0.2) is 34.8 Å². The highest BCUT2D eigenvalue weighted by molar-refractivity contribution is 7.80. The zero-order chi connectivity index (χ0) is 10.4. The smallest absolute Gasteiger partial charge is 0.326 e. The van der Waals surface area contributed by atoms with Crippen LogP contribution < -0.4 is 11.1 Å². The number of amides is 1. The van der Waals surface area contributed by atoms with Gasteiger partial charge in [0, 0.05) is 0 Å². The molecule has 0 saturated carbocycles. The van der Waals surface area contributed by atoms with Crippen LogP contribution in [-0.2, 0) is 9.59 Å². The number of carboxylic acid groups (broad SMARTS) is 1. The molecular weight excluding hydrogens is 192 g/mol. The molecule has 1 unspecified atom stereocenters. The Kier molecular flexibility index (Phi) is 5.48. The molecule has 5 nitrogen and oxygen atoms in total. The summed E-state index contributed by atoms with van der Waals surface area (Å²) in [6, 6.07) is -1.59. The second-order valence-corrected chi connectivity index (χ2v) is 3.15. The number of carbonyl (C=O) groups excluding carboxylic acids is 1. The van der Waals surface area contributed by atoms with E-state index in [1.54, 1.807) is 0 Å². The predicted molar refractivity (Wildman–Crippen MR) is 51.7 cm³/mol. The Balaban J connectivity index is 4.10. The van der Waals surface area contributed by atoms with Gasteiger partial charge in [-0.05, 0) is 19.1 Å². The maximum absolute atomic E-state index is 11.0. The number of aliphatic carboxylic acids is 1. The normalized spacial score (nSPS) is 14.7. The van der Waals surface area contributed by atoms with Crippen molar-refractivity contribution in [3.05, 3.63) is 0 Å². The van der Waals surface area contributed by atoms with E-state index >= 15 is 0 Å². The van der Waals surface area contributed by atoms with Gasteiger partial charge < -0.3 is 16.2 Å². The topological polar surface area (TPSA) is 92.4 Å². The van der Waals surface area contributed by atoms with Gasteiger partial charge in [0.25, 0.3) is 0 Å². The van der Waals surface area contributed by atoms with Crippen molar-refractivity contribution in [1.29, 1.82) is 0 Å². The molecule has 0 aromatic heterocycles. The minimum absolute atomic E-state index is 0.289. The summed E-state index contributed by atoms with van der Waals surface area (Å²) in [4.78, 5) is 21.6. The number of nitrogens with one attached hydrogen (secondary N) is 1. The summed E-state index contributed by atoms with van der Waals surface area (Å²) in [5.41, 5.74) is 5.26. The number of carbonyl (C=O) groups is 2. The second-order valence-electron chi connectivity index (χ2n) is 2.70. The highest BCUT2D eigenvalue weighted by Crippen LogP contribution is 1.95. The molecule has 2 atom stereocenters. The van der Waals surface area contributed by atoms with E-state index in [9.17, 15) is 9.59 Å². The molecule has 4 N–H and O–H groups in total. The largest absolute Gasteiger partial charge is 0.480 e. The molecular formula is C7H14N2O3S. The first-order valence-electron chi connectivity index (χ1n) is 3.88. The van der Waals surface area contributed by atoms with Crippen molar-refractivity contribution in [2.75, 3.05) is 5.75 Å². The Morgan fingerprint density at radius 3 is 2.46 bits per heavy atom. The first-order valence-corrected chi connectivity index (χ1v) is 4.52. The predicted octanol–water partition coefficient (Wildman–Crippen LogP) is -0.777. The fourth-order valence-corrected chi connectivity index (χ4v) is 0.948. The lowest BCUT2D eigenvalue weighted by Crippen LogP contribution is -2.47. The van der Waals surface area contributed by atoms with E-state index in [-0.39, 0.29) is 6.42 Å². The first-order chi connectivity index (χ1) is 5.99. The standard InChI is InChI=1S/C7H14N2O3S/c1-4(8)6(10)9-5(2-3-13)7(11)12/h4-5,13H,2-3,8H2,1H3,(H,9,10)(H,11,12)/t4?,5-/m0/s1. The molecule has 0 bridgehead atoms. The van der Waals surface area contributed by atoms with Crippen molar-refractivity contribution in [2.24, 2.45) is 5.73 Å². The van der Waals surface area contributed by atoms with Crippen molar-refractivity contribution >= 4 is 24.5 Å². The van der Waals surface area contributed by atoms with E-state index in [2.05, 4.69) is 17.9 Å². The minimum atomic E-state index is -1.07. The van der Waals surface area contributed by atoms with Gasteiger partial charge in [0.1, 0.15) is 6.04 Å². The number of hydrogen-bond acceptors (Lipinski definition) is 4. The lowest BCUT2D eigenvalue weighted by molar-refractivity contribution is -0.142. The lowest BCUT2D eigenvalue weighted by Gasteiger charge is -2.14. The van der Waals surface area contributed by atoms with Crippen molar-refractivity contribution in [2.45, 2.75) is 25.4 Å². The van der Waals surface area contributed by atoms with Crippen LogP contribution in [0.4, 0.5) is 0 Å². The monoisotopic (exact) mass is 206 g/mol. The maximum atomic E-state index is 11.0. The zero-order valence-electron chi connectivity index (χ0n) is 7.36. The van der Waals surface area contributed by atoms with E-state index in [0.29, 0.717) is 5.75 Å². The minimum Gasteiger partial charge on any atom is -0.480 e. The number of nitrogens with two attached hydrogens (primary N) is 1. The summed E-state index contributed by atoms with van der Waals surface area (Å²) in [7, 11) is 0. The highest BCUT2D eigenvalue weighted by atomic mass is 32.1. The summed E-state index contributed by atoms with van der Waals surface area (Å²) in [6.07, 6.45) is 0.289. The van der Waals surface area contributed by atoms with E-state index < -0.39 is 24.0 Å². The van der Waals surface area contributed by atoms with Crippen LogP contribution in [0, 0.1) is 0 Å². The second kappa shape index (κ2) is 5.82. The molecule has 0 rings (SSSR count). The molecule has 13 heavy (non-hydrogen) atoms. The Labute approximate surface area is 82.1 Å². The molecule has 0 aromatic carbocycles. The summed E-state index contributed by atoms with van der Waals surface area (Å²) in [5.74, 6) is -1.13. The van der Waals surface area contributed by atoms with Gasteiger partial charge in [-0.1, -0.05) is 0 Å². The fourth-order valence-electron chi connectivity index (χ4n) is 0.690. The van der Waals surface area contributed by atoms with Gasteiger partial charge in [0.15, 0.2) is 0 Å². The number of carboxylic acids is 1. The van der Waals surface area contributed by atoms with Crippen LogP contribution in [0.2, 0.25) is 0 Å². The van der Waals surface area contributed by atoms with Crippen LogP contribution >= 0.6 is 12.6 Å². The van der Waals surface area contributed by atoms with Gasteiger partial charge in [-0.2, -0.15) is 12.6 Å². The average Bonchev–Trinajstić information content (AvgIpc) is 2.03. The zero-order valence-corrected chi connectivity index (χ0v) is 8.25.